The Hall–Kier alpha value is -0.710. The van der Waals surface area contributed by atoms with Gasteiger partial charge in [0.05, 0.1) is 5.01 Å². The standard InChI is InChI=1S/C10H11NOS2/c1-10(12,8-3-2-5-13-8)7-9-11-4-6-14-9/h2-6,12H,7H2,1H3. The molecule has 0 spiro atoms. The van der Waals surface area contributed by atoms with Crippen LogP contribution >= 0.6 is 22.7 Å². The summed E-state index contributed by atoms with van der Waals surface area (Å²) in [5.74, 6) is 0. The maximum absolute atomic E-state index is 10.2. The second-order valence-corrected chi connectivity index (χ2v) is 5.28. The van der Waals surface area contributed by atoms with Crippen LogP contribution in [0.4, 0.5) is 0 Å². The Labute approximate surface area is 90.9 Å². The molecular weight excluding hydrogens is 214 g/mol. The van der Waals surface area contributed by atoms with Gasteiger partial charge in [0.15, 0.2) is 0 Å². The number of aliphatic hydroxyl groups is 1. The lowest BCUT2D eigenvalue weighted by atomic mass is 10.0. The third kappa shape index (κ3) is 2.03. The fourth-order valence-corrected chi connectivity index (χ4v) is 2.86. The first-order chi connectivity index (χ1) is 6.68. The zero-order valence-corrected chi connectivity index (χ0v) is 9.44. The van der Waals surface area contributed by atoms with Crippen molar-refractivity contribution in [2.75, 3.05) is 0 Å². The van der Waals surface area contributed by atoms with Gasteiger partial charge in [-0.05, 0) is 18.4 Å². The smallest absolute Gasteiger partial charge is 0.102 e. The highest BCUT2D eigenvalue weighted by Crippen LogP contribution is 2.29. The van der Waals surface area contributed by atoms with Gasteiger partial charge >= 0.3 is 0 Å². The minimum atomic E-state index is -0.786. The topological polar surface area (TPSA) is 33.1 Å². The van der Waals surface area contributed by atoms with Gasteiger partial charge in [-0.2, -0.15) is 0 Å². The Kier molecular flexibility index (Phi) is 2.67. The minimum absolute atomic E-state index is 0.588. The van der Waals surface area contributed by atoms with E-state index in [1.807, 2.05) is 29.8 Å². The van der Waals surface area contributed by atoms with E-state index in [1.54, 1.807) is 28.9 Å². The summed E-state index contributed by atoms with van der Waals surface area (Å²) in [6.07, 6.45) is 2.36. The number of aromatic nitrogens is 1. The lowest BCUT2D eigenvalue weighted by Crippen LogP contribution is -2.22. The summed E-state index contributed by atoms with van der Waals surface area (Å²) >= 11 is 3.16. The summed E-state index contributed by atoms with van der Waals surface area (Å²) in [6.45, 7) is 1.83. The molecule has 2 heterocycles. The highest BCUT2D eigenvalue weighted by atomic mass is 32.1. The molecule has 1 N–H and O–H groups in total. The second kappa shape index (κ2) is 3.81. The monoisotopic (exact) mass is 225 g/mol. The molecule has 1 atom stereocenters. The van der Waals surface area contributed by atoms with Gasteiger partial charge in [0, 0.05) is 22.9 Å². The fourth-order valence-electron chi connectivity index (χ4n) is 1.31. The Morgan fingerprint density at radius 3 is 2.86 bits per heavy atom. The molecule has 0 amide bonds. The molecule has 2 nitrogen and oxygen atoms in total. The number of thiazole rings is 1. The molecule has 2 aromatic heterocycles. The summed E-state index contributed by atoms with van der Waals surface area (Å²) in [5, 5.41) is 15.1. The van der Waals surface area contributed by atoms with Gasteiger partial charge in [-0.3, -0.25) is 0 Å². The first-order valence-electron chi connectivity index (χ1n) is 4.33. The van der Waals surface area contributed by atoms with E-state index in [0.29, 0.717) is 6.42 Å². The van der Waals surface area contributed by atoms with E-state index >= 15 is 0 Å². The third-order valence-corrected chi connectivity index (χ3v) is 3.93. The van der Waals surface area contributed by atoms with Crippen molar-refractivity contribution in [1.82, 2.24) is 4.98 Å². The number of thiophene rings is 1. The SMILES string of the molecule is CC(O)(Cc1nccs1)c1cccs1. The van der Waals surface area contributed by atoms with Gasteiger partial charge in [-0.15, -0.1) is 22.7 Å². The molecule has 0 saturated heterocycles. The van der Waals surface area contributed by atoms with Crippen molar-refractivity contribution >= 4 is 22.7 Å². The van der Waals surface area contributed by atoms with Crippen LogP contribution in [0.15, 0.2) is 29.1 Å². The van der Waals surface area contributed by atoms with E-state index in [1.165, 1.54) is 0 Å². The summed E-state index contributed by atoms with van der Waals surface area (Å²) in [7, 11) is 0. The van der Waals surface area contributed by atoms with E-state index in [2.05, 4.69) is 4.98 Å². The van der Waals surface area contributed by atoms with Crippen LogP contribution in [0.2, 0.25) is 0 Å². The molecule has 0 aliphatic rings. The summed E-state index contributed by atoms with van der Waals surface area (Å²) in [4.78, 5) is 5.17. The van der Waals surface area contributed by atoms with Crippen LogP contribution in [0, 0.1) is 0 Å². The van der Waals surface area contributed by atoms with E-state index in [0.717, 1.165) is 9.88 Å². The summed E-state index contributed by atoms with van der Waals surface area (Å²) in [6, 6.07) is 3.91. The van der Waals surface area contributed by atoms with Crippen molar-refractivity contribution in [3.05, 3.63) is 39.0 Å². The largest absolute Gasteiger partial charge is 0.384 e. The summed E-state index contributed by atoms with van der Waals surface area (Å²) < 4.78 is 0. The van der Waals surface area contributed by atoms with E-state index < -0.39 is 5.60 Å². The molecule has 0 radical (unpaired) electrons. The molecule has 1 unspecified atom stereocenters. The molecular formula is C10H11NOS2. The predicted molar refractivity (Wildman–Crippen MR) is 59.7 cm³/mol. The Balaban J connectivity index is 2.17. The molecule has 0 bridgehead atoms. The van der Waals surface area contributed by atoms with Crippen molar-refractivity contribution in [2.24, 2.45) is 0 Å². The first-order valence-corrected chi connectivity index (χ1v) is 6.09. The van der Waals surface area contributed by atoms with Crippen LogP contribution in [0.25, 0.3) is 0 Å². The average molecular weight is 225 g/mol. The fraction of sp³-hybridized carbons (Fsp3) is 0.300. The van der Waals surface area contributed by atoms with Crippen molar-refractivity contribution in [2.45, 2.75) is 18.9 Å². The highest BCUT2D eigenvalue weighted by Gasteiger charge is 2.25. The summed E-state index contributed by atoms with van der Waals surface area (Å²) in [5.41, 5.74) is -0.786. The second-order valence-electron chi connectivity index (χ2n) is 3.35. The van der Waals surface area contributed by atoms with Crippen molar-refractivity contribution < 1.29 is 5.11 Å². The molecule has 2 aromatic rings. The van der Waals surface area contributed by atoms with Crippen LogP contribution < -0.4 is 0 Å². The van der Waals surface area contributed by atoms with Gasteiger partial charge in [0.1, 0.15) is 5.60 Å². The van der Waals surface area contributed by atoms with Gasteiger partial charge < -0.3 is 5.11 Å². The number of rotatable bonds is 3. The van der Waals surface area contributed by atoms with Crippen LogP contribution in [-0.4, -0.2) is 10.1 Å². The molecule has 74 valence electrons. The molecule has 4 heteroatoms. The highest BCUT2D eigenvalue weighted by molar-refractivity contribution is 7.10. The van der Waals surface area contributed by atoms with E-state index in [9.17, 15) is 5.11 Å². The minimum Gasteiger partial charge on any atom is -0.384 e. The van der Waals surface area contributed by atoms with Crippen molar-refractivity contribution in [1.29, 1.82) is 0 Å². The number of hydrogen-bond donors (Lipinski definition) is 1. The first kappa shape index (κ1) is 9.83. The average Bonchev–Trinajstić information content (AvgIpc) is 2.71. The van der Waals surface area contributed by atoms with E-state index in [-0.39, 0.29) is 0 Å². The van der Waals surface area contributed by atoms with Gasteiger partial charge in [-0.25, -0.2) is 4.98 Å². The predicted octanol–water partition coefficient (Wildman–Crippen LogP) is 2.65. The maximum Gasteiger partial charge on any atom is 0.102 e. The van der Waals surface area contributed by atoms with Gasteiger partial charge in [0.25, 0.3) is 0 Å². The quantitative estimate of drug-likeness (QED) is 0.871. The lowest BCUT2D eigenvalue weighted by Gasteiger charge is -2.20. The van der Waals surface area contributed by atoms with Crippen LogP contribution in [-0.2, 0) is 12.0 Å². The third-order valence-electron chi connectivity index (χ3n) is 2.03. The molecule has 0 fully saturated rings. The van der Waals surface area contributed by atoms with E-state index in [4.69, 9.17) is 0 Å². The van der Waals surface area contributed by atoms with Crippen LogP contribution in [0.3, 0.4) is 0 Å². The molecule has 14 heavy (non-hydrogen) atoms. The van der Waals surface area contributed by atoms with Crippen molar-refractivity contribution in [3.8, 4) is 0 Å². The molecule has 0 aromatic carbocycles. The molecule has 2 rings (SSSR count). The Morgan fingerprint density at radius 1 is 1.43 bits per heavy atom. The number of hydrogen-bond acceptors (Lipinski definition) is 4. The maximum atomic E-state index is 10.2. The zero-order valence-electron chi connectivity index (χ0n) is 7.80. The van der Waals surface area contributed by atoms with Crippen molar-refractivity contribution in [3.63, 3.8) is 0 Å². The molecule has 0 aliphatic carbocycles. The molecule has 0 saturated carbocycles. The molecule has 0 aliphatic heterocycles. The van der Waals surface area contributed by atoms with Crippen LogP contribution in [0.1, 0.15) is 16.8 Å². The van der Waals surface area contributed by atoms with Gasteiger partial charge in [0.2, 0.25) is 0 Å². The normalized spacial score (nSPS) is 15.3. The van der Waals surface area contributed by atoms with Crippen LogP contribution in [0.5, 0.6) is 0 Å². The van der Waals surface area contributed by atoms with Gasteiger partial charge in [-0.1, -0.05) is 6.07 Å². The zero-order chi connectivity index (χ0) is 10.0. The Bertz CT molecular complexity index is 378. The lowest BCUT2D eigenvalue weighted by molar-refractivity contribution is 0.0614. The number of nitrogens with zero attached hydrogens (tertiary/aromatic N) is 1. The Morgan fingerprint density at radius 2 is 2.29 bits per heavy atom.